The van der Waals surface area contributed by atoms with Crippen LogP contribution in [0.2, 0.25) is 0 Å². The van der Waals surface area contributed by atoms with Crippen LogP contribution in [0.15, 0.2) is 29.3 Å². The molecule has 1 aliphatic carbocycles. The van der Waals surface area contributed by atoms with Crippen molar-refractivity contribution in [2.75, 3.05) is 31.7 Å². The van der Waals surface area contributed by atoms with Gasteiger partial charge in [-0.05, 0) is 43.2 Å². The Labute approximate surface area is 179 Å². The fraction of sp³-hybridized carbons (Fsp3) is 0.632. The molecule has 1 aliphatic heterocycles. The summed E-state index contributed by atoms with van der Waals surface area (Å²) in [6.45, 7) is 1.44. The molecule has 3 rings (SSSR count). The number of nitrogens with zero attached hydrogens (tertiary/aromatic N) is 1. The van der Waals surface area contributed by atoms with Crippen molar-refractivity contribution in [3.05, 3.63) is 35.4 Å². The molecule has 0 amide bonds. The molecule has 2 unspecified atom stereocenters. The van der Waals surface area contributed by atoms with E-state index < -0.39 is 9.84 Å². The molecule has 27 heavy (non-hydrogen) atoms. The van der Waals surface area contributed by atoms with Gasteiger partial charge in [-0.1, -0.05) is 24.3 Å². The number of rotatable bonds is 6. The van der Waals surface area contributed by atoms with Crippen molar-refractivity contribution in [1.82, 2.24) is 10.6 Å². The molecule has 1 heterocycles. The van der Waals surface area contributed by atoms with Gasteiger partial charge < -0.3 is 15.4 Å². The highest BCUT2D eigenvalue weighted by Gasteiger charge is 2.28. The third-order valence-corrected chi connectivity index (χ3v) is 6.81. The molecule has 1 saturated heterocycles. The Morgan fingerprint density at radius 1 is 1.30 bits per heavy atom. The summed E-state index contributed by atoms with van der Waals surface area (Å²) in [5, 5.41) is 6.44. The van der Waals surface area contributed by atoms with Gasteiger partial charge in [0.2, 0.25) is 0 Å². The maximum absolute atomic E-state index is 11.5. The van der Waals surface area contributed by atoms with Crippen LogP contribution in [-0.4, -0.2) is 52.1 Å². The number of nitrogens with one attached hydrogen (secondary N) is 2. The molecule has 0 bridgehead atoms. The van der Waals surface area contributed by atoms with E-state index in [1.54, 1.807) is 7.05 Å². The van der Waals surface area contributed by atoms with E-state index in [1.807, 2.05) is 0 Å². The number of hydrogen-bond acceptors (Lipinski definition) is 4. The molecular formula is C19H30IN3O3S. The molecule has 2 aliphatic rings. The normalized spacial score (nSPS) is 24.0. The van der Waals surface area contributed by atoms with Crippen LogP contribution in [-0.2, 0) is 21.0 Å². The van der Waals surface area contributed by atoms with Gasteiger partial charge >= 0.3 is 0 Å². The summed E-state index contributed by atoms with van der Waals surface area (Å²) < 4.78 is 29.2. The number of benzene rings is 1. The molecule has 1 fully saturated rings. The van der Waals surface area contributed by atoms with Gasteiger partial charge in [0.05, 0.1) is 17.6 Å². The highest BCUT2D eigenvalue weighted by atomic mass is 127. The van der Waals surface area contributed by atoms with E-state index in [0.717, 1.165) is 25.8 Å². The average Bonchev–Trinajstić information content (AvgIpc) is 2.99. The summed E-state index contributed by atoms with van der Waals surface area (Å²) in [6, 6.07) is 8.52. The van der Waals surface area contributed by atoms with Crippen LogP contribution in [0, 0.1) is 0 Å². The van der Waals surface area contributed by atoms with Crippen molar-refractivity contribution < 1.29 is 13.2 Å². The minimum Gasteiger partial charge on any atom is -0.373 e. The predicted octanol–water partition coefficient (Wildman–Crippen LogP) is 2.44. The van der Waals surface area contributed by atoms with Crippen molar-refractivity contribution in [2.45, 2.75) is 44.2 Å². The average molecular weight is 507 g/mol. The number of guanidine groups is 1. The molecule has 152 valence electrons. The number of sulfone groups is 1. The lowest BCUT2D eigenvalue weighted by Gasteiger charge is -2.25. The van der Waals surface area contributed by atoms with E-state index in [-0.39, 0.29) is 47.6 Å². The summed E-state index contributed by atoms with van der Waals surface area (Å²) in [5.41, 5.74) is 2.75. The van der Waals surface area contributed by atoms with E-state index in [2.05, 4.69) is 39.9 Å². The monoisotopic (exact) mass is 507 g/mol. The minimum absolute atomic E-state index is 0. The van der Waals surface area contributed by atoms with Crippen LogP contribution in [0.1, 0.15) is 42.9 Å². The maximum atomic E-state index is 11.5. The quantitative estimate of drug-likeness (QED) is 0.268. The predicted molar refractivity (Wildman–Crippen MR) is 120 cm³/mol. The SMILES string of the molecule is CN=C(NCCCOC1CCCc2ccccc21)NC1CCS(=O)(=O)C1.I. The van der Waals surface area contributed by atoms with Crippen molar-refractivity contribution in [3.8, 4) is 0 Å². The summed E-state index contributed by atoms with van der Waals surface area (Å²) in [4.78, 5) is 4.18. The van der Waals surface area contributed by atoms with Gasteiger partial charge in [-0.15, -0.1) is 24.0 Å². The second kappa shape index (κ2) is 10.6. The van der Waals surface area contributed by atoms with E-state index in [0.29, 0.717) is 19.0 Å². The number of aryl methyl sites for hydroxylation is 1. The summed E-state index contributed by atoms with van der Waals surface area (Å²) >= 11 is 0. The zero-order chi connectivity index (χ0) is 18.4. The molecule has 1 aromatic rings. The lowest BCUT2D eigenvalue weighted by atomic mass is 9.89. The van der Waals surface area contributed by atoms with Crippen molar-refractivity contribution in [3.63, 3.8) is 0 Å². The first-order valence-corrected chi connectivity index (χ1v) is 11.3. The summed E-state index contributed by atoms with van der Waals surface area (Å²) in [7, 11) is -1.18. The van der Waals surface area contributed by atoms with Gasteiger partial charge in [0, 0.05) is 26.2 Å². The van der Waals surface area contributed by atoms with Gasteiger partial charge in [-0.3, -0.25) is 4.99 Å². The third-order valence-electron chi connectivity index (χ3n) is 5.04. The lowest BCUT2D eigenvalue weighted by Crippen LogP contribution is -2.44. The van der Waals surface area contributed by atoms with Crippen molar-refractivity contribution in [1.29, 1.82) is 0 Å². The molecule has 0 spiro atoms. The molecule has 2 atom stereocenters. The maximum Gasteiger partial charge on any atom is 0.191 e. The topological polar surface area (TPSA) is 79.8 Å². The Hall–Kier alpha value is -0.870. The van der Waals surface area contributed by atoms with Crippen molar-refractivity contribution >= 4 is 39.8 Å². The van der Waals surface area contributed by atoms with E-state index in [1.165, 1.54) is 17.5 Å². The van der Waals surface area contributed by atoms with Gasteiger partial charge in [-0.25, -0.2) is 8.42 Å². The van der Waals surface area contributed by atoms with Crippen LogP contribution in [0.3, 0.4) is 0 Å². The molecule has 0 saturated carbocycles. The first-order valence-electron chi connectivity index (χ1n) is 9.44. The van der Waals surface area contributed by atoms with Crippen LogP contribution in [0.5, 0.6) is 0 Å². The number of ether oxygens (including phenoxy) is 1. The Kier molecular flexibility index (Phi) is 8.81. The van der Waals surface area contributed by atoms with E-state index in [4.69, 9.17) is 4.74 Å². The Morgan fingerprint density at radius 3 is 2.85 bits per heavy atom. The van der Waals surface area contributed by atoms with Gasteiger partial charge in [-0.2, -0.15) is 0 Å². The van der Waals surface area contributed by atoms with Crippen LogP contribution in [0.25, 0.3) is 0 Å². The minimum atomic E-state index is -2.88. The number of halogens is 1. The Balaban J connectivity index is 0.00000261. The first kappa shape index (κ1) is 22.4. The smallest absolute Gasteiger partial charge is 0.191 e. The van der Waals surface area contributed by atoms with Crippen LogP contribution < -0.4 is 10.6 Å². The highest BCUT2D eigenvalue weighted by molar-refractivity contribution is 14.0. The Bertz CT molecular complexity index is 739. The second-order valence-corrected chi connectivity index (χ2v) is 9.28. The third kappa shape index (κ3) is 6.60. The van der Waals surface area contributed by atoms with Gasteiger partial charge in [0.1, 0.15) is 0 Å². The lowest BCUT2D eigenvalue weighted by molar-refractivity contribution is 0.0398. The van der Waals surface area contributed by atoms with Crippen LogP contribution >= 0.6 is 24.0 Å². The fourth-order valence-electron chi connectivity index (χ4n) is 3.68. The fourth-order valence-corrected chi connectivity index (χ4v) is 5.36. The molecule has 0 radical (unpaired) electrons. The zero-order valence-corrected chi connectivity index (χ0v) is 19.0. The molecule has 8 heteroatoms. The second-order valence-electron chi connectivity index (χ2n) is 7.05. The molecule has 2 N–H and O–H groups in total. The van der Waals surface area contributed by atoms with Gasteiger partial charge in [0.15, 0.2) is 15.8 Å². The largest absolute Gasteiger partial charge is 0.373 e. The molecule has 0 aromatic heterocycles. The van der Waals surface area contributed by atoms with Gasteiger partial charge in [0.25, 0.3) is 0 Å². The zero-order valence-electron chi connectivity index (χ0n) is 15.8. The van der Waals surface area contributed by atoms with Crippen LogP contribution in [0.4, 0.5) is 0 Å². The molecular weight excluding hydrogens is 477 g/mol. The number of hydrogen-bond donors (Lipinski definition) is 2. The van der Waals surface area contributed by atoms with Crippen molar-refractivity contribution in [2.24, 2.45) is 4.99 Å². The first-order chi connectivity index (χ1) is 12.6. The molecule has 1 aromatic carbocycles. The summed E-state index contributed by atoms with van der Waals surface area (Å²) in [6.07, 6.45) is 5.15. The number of fused-ring (bicyclic) bond motifs is 1. The Morgan fingerprint density at radius 2 is 2.11 bits per heavy atom. The standard InChI is InChI=1S/C19H29N3O3S.HI/c1-20-19(22-16-10-13-26(23,24)14-16)21-11-5-12-25-18-9-4-7-15-6-2-3-8-17(15)18;/h2-3,6,8,16,18H,4-5,7,9-14H2,1H3,(H2,20,21,22);1H. The molecule has 6 nitrogen and oxygen atoms in total. The highest BCUT2D eigenvalue weighted by Crippen LogP contribution is 2.32. The summed E-state index contributed by atoms with van der Waals surface area (Å²) in [5.74, 6) is 1.12. The van der Waals surface area contributed by atoms with E-state index in [9.17, 15) is 8.42 Å². The number of aliphatic imine (C=N–C) groups is 1. The van der Waals surface area contributed by atoms with E-state index >= 15 is 0 Å².